The summed E-state index contributed by atoms with van der Waals surface area (Å²) < 4.78 is 0. The van der Waals surface area contributed by atoms with Crippen LogP contribution in [-0.2, 0) is 9.59 Å². The fourth-order valence-corrected chi connectivity index (χ4v) is 3.26. The van der Waals surface area contributed by atoms with Crippen LogP contribution in [0.3, 0.4) is 0 Å². The first-order valence-electron chi connectivity index (χ1n) is 8.32. The molecule has 1 fully saturated rings. The Morgan fingerprint density at radius 2 is 1.85 bits per heavy atom. The largest absolute Gasteiger partial charge is 0.368 e. The Morgan fingerprint density at radius 3 is 2.42 bits per heavy atom. The second-order valence-electron chi connectivity index (χ2n) is 5.95. The standard InChI is InChI=1S/C17H25ClN4O2S.ClH/c1-25-11-6-15(19)17(24)20-12-16(23)22-9-7-21(8-10-22)14-4-2-13(18)3-5-14;/h2-5,15H,6-12,19H2,1H3,(H,20,24);1H/t15-;/m0./s1. The van der Waals surface area contributed by atoms with Crippen molar-refractivity contribution in [2.75, 3.05) is 49.6 Å². The number of rotatable bonds is 7. The molecular weight excluding hydrogens is 395 g/mol. The van der Waals surface area contributed by atoms with Crippen LogP contribution in [0, 0.1) is 0 Å². The molecule has 26 heavy (non-hydrogen) atoms. The third-order valence-electron chi connectivity index (χ3n) is 4.21. The zero-order valence-electron chi connectivity index (χ0n) is 14.8. The number of nitrogens with one attached hydrogen (secondary N) is 1. The first kappa shape index (κ1) is 22.9. The smallest absolute Gasteiger partial charge is 0.242 e. The maximum absolute atomic E-state index is 12.3. The summed E-state index contributed by atoms with van der Waals surface area (Å²) in [4.78, 5) is 28.1. The van der Waals surface area contributed by atoms with Gasteiger partial charge in [0.2, 0.25) is 11.8 Å². The summed E-state index contributed by atoms with van der Waals surface area (Å²) in [6.45, 7) is 2.79. The third kappa shape index (κ3) is 6.87. The van der Waals surface area contributed by atoms with E-state index < -0.39 is 6.04 Å². The maximum atomic E-state index is 12.3. The van der Waals surface area contributed by atoms with Gasteiger partial charge in [0.1, 0.15) is 0 Å². The van der Waals surface area contributed by atoms with Crippen molar-refractivity contribution in [2.24, 2.45) is 5.73 Å². The van der Waals surface area contributed by atoms with Crippen molar-refractivity contribution in [1.82, 2.24) is 10.2 Å². The lowest BCUT2D eigenvalue weighted by atomic mass is 10.2. The van der Waals surface area contributed by atoms with Crippen molar-refractivity contribution in [1.29, 1.82) is 0 Å². The molecule has 0 spiro atoms. The van der Waals surface area contributed by atoms with Crippen LogP contribution in [0.25, 0.3) is 0 Å². The molecule has 0 aromatic heterocycles. The number of nitrogens with two attached hydrogens (primary N) is 1. The fraction of sp³-hybridized carbons (Fsp3) is 0.529. The minimum absolute atomic E-state index is 0. The van der Waals surface area contributed by atoms with Crippen molar-refractivity contribution in [3.05, 3.63) is 29.3 Å². The van der Waals surface area contributed by atoms with E-state index in [1.807, 2.05) is 30.5 Å². The van der Waals surface area contributed by atoms with Crippen LogP contribution >= 0.6 is 35.8 Å². The zero-order valence-corrected chi connectivity index (χ0v) is 17.2. The van der Waals surface area contributed by atoms with Crippen molar-refractivity contribution in [2.45, 2.75) is 12.5 Å². The molecule has 146 valence electrons. The molecular formula is C17H26Cl2N4O2S. The Kier molecular flexibility index (Phi) is 10.2. The molecule has 0 aliphatic carbocycles. The summed E-state index contributed by atoms with van der Waals surface area (Å²) in [5.74, 6) is 0.498. The SMILES string of the molecule is CSCC[C@H](N)C(=O)NCC(=O)N1CCN(c2ccc(Cl)cc2)CC1.Cl. The molecule has 3 N–H and O–H groups in total. The molecule has 6 nitrogen and oxygen atoms in total. The van der Waals surface area contributed by atoms with Crippen molar-refractivity contribution in [3.8, 4) is 0 Å². The van der Waals surface area contributed by atoms with Gasteiger partial charge >= 0.3 is 0 Å². The molecule has 1 aliphatic heterocycles. The highest BCUT2D eigenvalue weighted by Gasteiger charge is 2.22. The molecule has 0 unspecified atom stereocenters. The summed E-state index contributed by atoms with van der Waals surface area (Å²) in [5, 5.41) is 3.36. The van der Waals surface area contributed by atoms with Crippen LogP contribution in [0.1, 0.15) is 6.42 Å². The molecule has 0 saturated carbocycles. The molecule has 1 atom stereocenters. The van der Waals surface area contributed by atoms with Gasteiger partial charge in [0.25, 0.3) is 0 Å². The number of carbonyl (C=O) groups excluding carboxylic acids is 2. The number of piperazine rings is 1. The van der Waals surface area contributed by atoms with Crippen LogP contribution in [-0.4, -0.2) is 67.5 Å². The zero-order chi connectivity index (χ0) is 18.2. The molecule has 1 saturated heterocycles. The van der Waals surface area contributed by atoms with Crippen molar-refractivity contribution in [3.63, 3.8) is 0 Å². The molecule has 0 bridgehead atoms. The Hall–Kier alpha value is -1.15. The van der Waals surface area contributed by atoms with Gasteiger partial charge in [0.05, 0.1) is 12.6 Å². The van der Waals surface area contributed by atoms with Gasteiger partial charge in [0, 0.05) is 36.9 Å². The quantitative estimate of drug-likeness (QED) is 0.700. The van der Waals surface area contributed by atoms with Crippen LogP contribution in [0.15, 0.2) is 24.3 Å². The highest BCUT2D eigenvalue weighted by atomic mass is 35.5. The first-order valence-corrected chi connectivity index (χ1v) is 10.1. The lowest BCUT2D eigenvalue weighted by molar-refractivity contribution is -0.133. The van der Waals surface area contributed by atoms with Crippen LogP contribution in [0.4, 0.5) is 5.69 Å². The summed E-state index contributed by atoms with van der Waals surface area (Å²) >= 11 is 7.56. The second-order valence-corrected chi connectivity index (χ2v) is 7.37. The van der Waals surface area contributed by atoms with Gasteiger partial charge in [-0.15, -0.1) is 12.4 Å². The van der Waals surface area contributed by atoms with E-state index in [-0.39, 0.29) is 30.8 Å². The Labute approximate surface area is 170 Å². The third-order valence-corrected chi connectivity index (χ3v) is 5.10. The summed E-state index contributed by atoms with van der Waals surface area (Å²) in [5.41, 5.74) is 6.90. The Morgan fingerprint density at radius 1 is 1.23 bits per heavy atom. The molecule has 1 aromatic rings. The van der Waals surface area contributed by atoms with Gasteiger partial charge in [-0.25, -0.2) is 0 Å². The maximum Gasteiger partial charge on any atom is 0.242 e. The number of hydrogen-bond acceptors (Lipinski definition) is 5. The van der Waals surface area contributed by atoms with Crippen LogP contribution < -0.4 is 16.0 Å². The van der Waals surface area contributed by atoms with Gasteiger partial charge in [-0.3, -0.25) is 9.59 Å². The van der Waals surface area contributed by atoms with Gasteiger partial charge < -0.3 is 20.9 Å². The van der Waals surface area contributed by atoms with E-state index in [9.17, 15) is 9.59 Å². The first-order chi connectivity index (χ1) is 12.0. The van der Waals surface area contributed by atoms with E-state index in [4.69, 9.17) is 17.3 Å². The minimum atomic E-state index is -0.554. The molecule has 1 heterocycles. The topological polar surface area (TPSA) is 78.7 Å². The van der Waals surface area contributed by atoms with E-state index in [0.717, 1.165) is 24.5 Å². The van der Waals surface area contributed by atoms with Crippen molar-refractivity contribution < 1.29 is 9.59 Å². The van der Waals surface area contributed by atoms with E-state index in [1.54, 1.807) is 16.7 Å². The molecule has 2 amide bonds. The summed E-state index contributed by atoms with van der Waals surface area (Å²) in [6.07, 6.45) is 2.58. The van der Waals surface area contributed by atoms with E-state index >= 15 is 0 Å². The predicted molar refractivity (Wildman–Crippen MR) is 111 cm³/mol. The Bertz CT molecular complexity index is 581. The second kappa shape index (κ2) is 11.5. The number of halogens is 2. The lowest BCUT2D eigenvalue weighted by Crippen LogP contribution is -2.52. The number of hydrogen-bond donors (Lipinski definition) is 2. The van der Waals surface area contributed by atoms with E-state index in [2.05, 4.69) is 10.2 Å². The average molecular weight is 421 g/mol. The number of anilines is 1. The molecule has 1 aromatic carbocycles. The van der Waals surface area contributed by atoms with Crippen LogP contribution in [0.2, 0.25) is 5.02 Å². The number of nitrogens with zero attached hydrogens (tertiary/aromatic N) is 2. The normalized spacial score (nSPS) is 15.2. The van der Waals surface area contributed by atoms with Crippen LogP contribution in [0.5, 0.6) is 0 Å². The average Bonchev–Trinajstić information content (AvgIpc) is 2.64. The number of benzene rings is 1. The summed E-state index contributed by atoms with van der Waals surface area (Å²) in [7, 11) is 0. The van der Waals surface area contributed by atoms with Gasteiger partial charge in [-0.05, 0) is 42.7 Å². The monoisotopic (exact) mass is 420 g/mol. The highest BCUT2D eigenvalue weighted by molar-refractivity contribution is 7.98. The fourth-order valence-electron chi connectivity index (χ4n) is 2.65. The predicted octanol–water partition coefficient (Wildman–Crippen LogP) is 1.61. The number of carbonyl (C=O) groups is 2. The van der Waals surface area contributed by atoms with Crippen molar-refractivity contribution >= 4 is 53.3 Å². The highest BCUT2D eigenvalue weighted by Crippen LogP contribution is 2.19. The van der Waals surface area contributed by atoms with E-state index in [1.165, 1.54) is 0 Å². The lowest BCUT2D eigenvalue weighted by Gasteiger charge is -2.36. The van der Waals surface area contributed by atoms with E-state index in [0.29, 0.717) is 24.5 Å². The van der Waals surface area contributed by atoms with Gasteiger partial charge in [0.15, 0.2) is 0 Å². The molecule has 0 radical (unpaired) electrons. The van der Waals surface area contributed by atoms with Gasteiger partial charge in [-0.1, -0.05) is 11.6 Å². The van der Waals surface area contributed by atoms with Gasteiger partial charge in [-0.2, -0.15) is 11.8 Å². The number of thioether (sulfide) groups is 1. The molecule has 2 rings (SSSR count). The molecule has 9 heteroatoms. The molecule has 1 aliphatic rings. The summed E-state index contributed by atoms with van der Waals surface area (Å²) in [6, 6.07) is 7.14. The Balaban J connectivity index is 0.00000338. The number of amides is 2. The minimum Gasteiger partial charge on any atom is -0.368 e.